The molecular weight excluding hydrogens is 451 g/mol. The molecule has 1 saturated heterocycles. The summed E-state index contributed by atoms with van der Waals surface area (Å²) in [5, 5.41) is 3.19. The van der Waals surface area contributed by atoms with Crippen molar-refractivity contribution in [1.29, 1.82) is 0 Å². The zero-order chi connectivity index (χ0) is 24.2. The number of nitrogens with two attached hydrogens (primary N) is 1. The summed E-state index contributed by atoms with van der Waals surface area (Å²) < 4.78 is 43.7. The largest absolute Gasteiger partial charge is 0.419 e. The van der Waals surface area contributed by atoms with E-state index in [0.29, 0.717) is 23.5 Å². The highest BCUT2D eigenvalue weighted by Crippen LogP contribution is 2.50. The van der Waals surface area contributed by atoms with E-state index >= 15 is 0 Å². The number of anilines is 2. The molecule has 5 nitrogen and oxygen atoms in total. The van der Waals surface area contributed by atoms with E-state index in [1.165, 1.54) is 11.8 Å². The first-order valence-electron chi connectivity index (χ1n) is 11.0. The van der Waals surface area contributed by atoms with Gasteiger partial charge in [-0.15, -0.1) is 11.8 Å². The van der Waals surface area contributed by atoms with Crippen molar-refractivity contribution >= 4 is 35.0 Å². The summed E-state index contributed by atoms with van der Waals surface area (Å²) in [5.41, 5.74) is 5.03. The van der Waals surface area contributed by atoms with Gasteiger partial charge in [-0.1, -0.05) is 50.6 Å². The van der Waals surface area contributed by atoms with Crippen LogP contribution in [0.5, 0.6) is 0 Å². The molecule has 3 rings (SSSR count). The van der Waals surface area contributed by atoms with Gasteiger partial charge >= 0.3 is 6.18 Å². The standard InChI is InChI=1S/C24H28F3N3O2S/c1-3-9-16-18(23(28)32)19(24(25,26)27)21(30-13-8-12-17(30)31)20(22(16)33-4-2)29-14-15-10-6-5-7-11-15/h5-7,10-11,29H,3-4,8-9,12-14H2,1-2H3,(H2,28,32). The van der Waals surface area contributed by atoms with Gasteiger partial charge in [0.05, 0.1) is 22.5 Å². The lowest BCUT2D eigenvalue weighted by Crippen LogP contribution is -2.31. The van der Waals surface area contributed by atoms with Crippen molar-refractivity contribution in [2.75, 3.05) is 22.5 Å². The van der Waals surface area contributed by atoms with E-state index in [4.69, 9.17) is 5.73 Å². The van der Waals surface area contributed by atoms with Gasteiger partial charge in [-0.25, -0.2) is 0 Å². The van der Waals surface area contributed by atoms with E-state index in [2.05, 4.69) is 5.32 Å². The summed E-state index contributed by atoms with van der Waals surface area (Å²) in [7, 11) is 0. The minimum Gasteiger partial charge on any atom is -0.378 e. The summed E-state index contributed by atoms with van der Waals surface area (Å²) >= 11 is 1.35. The molecule has 1 aliphatic rings. The molecule has 0 atom stereocenters. The summed E-state index contributed by atoms with van der Waals surface area (Å²) in [6.07, 6.45) is -3.46. The van der Waals surface area contributed by atoms with Crippen LogP contribution in [0.4, 0.5) is 24.5 Å². The molecule has 0 saturated carbocycles. The number of hydrogen-bond donors (Lipinski definition) is 2. The number of carbonyl (C=O) groups is 2. The van der Waals surface area contributed by atoms with E-state index in [1.54, 1.807) is 0 Å². The highest BCUT2D eigenvalue weighted by Gasteiger charge is 2.44. The number of thioether (sulfide) groups is 1. The van der Waals surface area contributed by atoms with Gasteiger partial charge in [-0.2, -0.15) is 13.2 Å². The van der Waals surface area contributed by atoms with Crippen LogP contribution < -0.4 is 16.0 Å². The Balaban J connectivity index is 2.38. The highest BCUT2D eigenvalue weighted by atomic mass is 32.2. The fraction of sp³-hybridized carbons (Fsp3) is 0.417. The van der Waals surface area contributed by atoms with Gasteiger partial charge in [-0.05, 0) is 29.7 Å². The predicted molar refractivity (Wildman–Crippen MR) is 126 cm³/mol. The number of carbonyl (C=O) groups excluding carboxylic acids is 2. The molecule has 2 amide bonds. The average Bonchev–Trinajstić information content (AvgIpc) is 3.18. The van der Waals surface area contributed by atoms with Crippen LogP contribution in [0.15, 0.2) is 35.2 Å². The molecule has 0 spiro atoms. The first-order valence-corrected chi connectivity index (χ1v) is 12.0. The van der Waals surface area contributed by atoms with Gasteiger partial charge < -0.3 is 16.0 Å². The predicted octanol–water partition coefficient (Wildman–Crippen LogP) is 5.61. The third kappa shape index (κ3) is 5.29. The van der Waals surface area contributed by atoms with Crippen LogP contribution in [0.25, 0.3) is 0 Å². The minimum atomic E-state index is -4.87. The van der Waals surface area contributed by atoms with Crippen LogP contribution >= 0.6 is 11.8 Å². The maximum atomic E-state index is 14.6. The van der Waals surface area contributed by atoms with E-state index in [1.807, 2.05) is 44.2 Å². The zero-order valence-corrected chi connectivity index (χ0v) is 19.5. The van der Waals surface area contributed by atoms with Crippen LogP contribution in [0.2, 0.25) is 0 Å². The lowest BCUT2D eigenvalue weighted by molar-refractivity contribution is -0.137. The number of rotatable bonds is 9. The molecule has 0 radical (unpaired) electrons. The Morgan fingerprint density at radius 2 is 1.91 bits per heavy atom. The first-order chi connectivity index (χ1) is 15.7. The smallest absolute Gasteiger partial charge is 0.378 e. The van der Waals surface area contributed by atoms with Gasteiger partial charge in [0, 0.05) is 24.4 Å². The van der Waals surface area contributed by atoms with Gasteiger partial charge in [0.1, 0.15) is 0 Å². The molecule has 1 fully saturated rings. The third-order valence-electron chi connectivity index (χ3n) is 5.50. The molecule has 2 aromatic rings. The first kappa shape index (κ1) is 25.0. The van der Waals surface area contributed by atoms with Crippen LogP contribution in [-0.4, -0.2) is 24.1 Å². The Hall–Kier alpha value is -2.68. The Bertz CT molecular complexity index is 1030. The third-order valence-corrected chi connectivity index (χ3v) is 6.53. The fourth-order valence-corrected chi connectivity index (χ4v) is 5.19. The number of benzene rings is 2. The second kappa shape index (κ2) is 10.5. The number of amides is 2. The molecule has 2 aromatic carbocycles. The fourth-order valence-electron chi connectivity index (χ4n) is 4.21. The molecule has 3 N–H and O–H groups in total. The Morgan fingerprint density at radius 1 is 1.21 bits per heavy atom. The topological polar surface area (TPSA) is 75.4 Å². The monoisotopic (exact) mass is 479 g/mol. The van der Waals surface area contributed by atoms with Crippen LogP contribution in [-0.2, 0) is 23.9 Å². The number of nitrogens with zero attached hydrogens (tertiary/aromatic N) is 1. The van der Waals surface area contributed by atoms with Crippen molar-refractivity contribution in [2.45, 2.75) is 57.1 Å². The lowest BCUT2D eigenvalue weighted by atomic mass is 9.92. The van der Waals surface area contributed by atoms with E-state index in [-0.39, 0.29) is 42.9 Å². The second-order valence-electron chi connectivity index (χ2n) is 7.81. The summed E-state index contributed by atoms with van der Waals surface area (Å²) in [6.45, 7) is 4.16. The normalized spacial score (nSPS) is 14.1. The number of hydrogen-bond acceptors (Lipinski definition) is 4. The highest BCUT2D eigenvalue weighted by molar-refractivity contribution is 7.99. The minimum absolute atomic E-state index is 0.156. The van der Waals surface area contributed by atoms with Crippen molar-refractivity contribution in [2.24, 2.45) is 5.73 Å². The quantitative estimate of drug-likeness (QED) is 0.459. The van der Waals surface area contributed by atoms with Gasteiger partial charge in [0.25, 0.3) is 0 Å². The van der Waals surface area contributed by atoms with Crippen molar-refractivity contribution < 1.29 is 22.8 Å². The van der Waals surface area contributed by atoms with E-state index in [0.717, 1.165) is 10.5 Å². The van der Waals surface area contributed by atoms with Crippen molar-refractivity contribution in [3.63, 3.8) is 0 Å². The zero-order valence-electron chi connectivity index (χ0n) is 18.7. The van der Waals surface area contributed by atoms with Gasteiger partial charge in [-0.3, -0.25) is 9.59 Å². The molecule has 0 bridgehead atoms. The van der Waals surface area contributed by atoms with E-state index in [9.17, 15) is 22.8 Å². The average molecular weight is 480 g/mol. The molecule has 33 heavy (non-hydrogen) atoms. The Labute approximate surface area is 195 Å². The molecule has 0 unspecified atom stereocenters. The number of nitrogens with one attached hydrogen (secondary N) is 1. The van der Waals surface area contributed by atoms with Gasteiger partial charge in [0.2, 0.25) is 11.8 Å². The summed E-state index contributed by atoms with van der Waals surface area (Å²) in [5.74, 6) is -0.950. The second-order valence-corrected chi connectivity index (χ2v) is 9.09. The van der Waals surface area contributed by atoms with Crippen LogP contribution in [0.3, 0.4) is 0 Å². The Kier molecular flexibility index (Phi) is 7.94. The van der Waals surface area contributed by atoms with Crippen molar-refractivity contribution in [3.05, 3.63) is 52.6 Å². The maximum Gasteiger partial charge on any atom is 0.419 e. The van der Waals surface area contributed by atoms with Crippen LogP contribution in [0, 0.1) is 0 Å². The van der Waals surface area contributed by atoms with Crippen molar-refractivity contribution in [3.8, 4) is 0 Å². The maximum absolute atomic E-state index is 14.6. The molecule has 9 heteroatoms. The SMILES string of the molecule is CCCc1c(SCC)c(NCc2ccccc2)c(N2CCCC2=O)c(C(F)(F)F)c1C(N)=O. The molecule has 178 valence electrons. The van der Waals surface area contributed by atoms with Crippen molar-refractivity contribution in [1.82, 2.24) is 0 Å². The molecule has 0 aliphatic carbocycles. The molecular formula is C24H28F3N3O2S. The van der Waals surface area contributed by atoms with Crippen LogP contribution in [0.1, 0.15) is 60.2 Å². The number of halogens is 3. The lowest BCUT2D eigenvalue weighted by Gasteiger charge is -2.30. The number of alkyl halides is 3. The number of primary amides is 1. The molecule has 1 aliphatic heterocycles. The summed E-state index contributed by atoms with van der Waals surface area (Å²) in [6, 6.07) is 9.30. The Morgan fingerprint density at radius 3 is 2.42 bits per heavy atom. The molecule has 1 heterocycles. The van der Waals surface area contributed by atoms with Gasteiger partial charge in [0.15, 0.2) is 0 Å². The van der Waals surface area contributed by atoms with E-state index < -0.39 is 29.1 Å². The molecule has 0 aromatic heterocycles. The summed E-state index contributed by atoms with van der Waals surface area (Å²) in [4.78, 5) is 26.8.